The summed E-state index contributed by atoms with van der Waals surface area (Å²) >= 11 is 0. The highest BCUT2D eigenvalue weighted by atomic mass is 32.2. The fourth-order valence-corrected chi connectivity index (χ4v) is 6.48. The molecule has 2 aliphatic heterocycles. The average molecular weight is 425 g/mol. The lowest BCUT2D eigenvalue weighted by molar-refractivity contribution is -0.117. The Hall–Kier alpha value is -2.73. The van der Waals surface area contributed by atoms with Crippen molar-refractivity contribution in [3.8, 4) is 6.07 Å². The summed E-state index contributed by atoms with van der Waals surface area (Å²) in [6.07, 6.45) is 1.52. The Morgan fingerprint density at radius 3 is 2.40 bits per heavy atom. The zero-order valence-electron chi connectivity index (χ0n) is 16.8. The highest BCUT2D eigenvalue weighted by Crippen LogP contribution is 2.36. The fraction of sp³-hybridized carbons (Fsp3) is 0.364. The van der Waals surface area contributed by atoms with Crippen molar-refractivity contribution in [2.75, 3.05) is 25.0 Å². The summed E-state index contributed by atoms with van der Waals surface area (Å²) in [5.41, 5.74) is 1.95. The van der Waals surface area contributed by atoms with Crippen molar-refractivity contribution < 1.29 is 13.2 Å². The van der Waals surface area contributed by atoms with Gasteiger partial charge in [-0.05, 0) is 43.5 Å². The minimum Gasteiger partial charge on any atom is -0.325 e. The molecule has 2 aromatic rings. The highest BCUT2D eigenvalue weighted by Gasteiger charge is 2.47. The number of hydrogen-bond acceptors (Lipinski definition) is 5. The number of piperazine rings is 1. The van der Waals surface area contributed by atoms with E-state index in [1.165, 1.54) is 12.1 Å². The van der Waals surface area contributed by atoms with E-state index in [0.29, 0.717) is 13.1 Å². The van der Waals surface area contributed by atoms with Crippen LogP contribution in [-0.2, 0) is 14.8 Å². The van der Waals surface area contributed by atoms with Gasteiger partial charge in [-0.1, -0.05) is 30.3 Å². The van der Waals surface area contributed by atoms with Gasteiger partial charge >= 0.3 is 0 Å². The summed E-state index contributed by atoms with van der Waals surface area (Å²) in [5, 5.41) is 12.3. The molecule has 2 atom stereocenters. The number of anilines is 1. The number of sulfonamides is 1. The van der Waals surface area contributed by atoms with Crippen molar-refractivity contribution in [1.29, 1.82) is 5.26 Å². The lowest BCUT2D eigenvalue weighted by Crippen LogP contribution is -2.56. The monoisotopic (exact) mass is 424 g/mol. The number of rotatable bonds is 5. The van der Waals surface area contributed by atoms with Crippen LogP contribution in [-0.4, -0.2) is 55.2 Å². The molecule has 1 amide bonds. The molecule has 2 saturated heterocycles. The van der Waals surface area contributed by atoms with Gasteiger partial charge in [0.1, 0.15) is 6.07 Å². The zero-order valence-corrected chi connectivity index (χ0v) is 17.6. The maximum absolute atomic E-state index is 13.3. The van der Waals surface area contributed by atoms with E-state index in [-0.39, 0.29) is 35.0 Å². The molecule has 30 heavy (non-hydrogen) atoms. The first-order chi connectivity index (χ1) is 14.4. The topological polar surface area (TPSA) is 93.5 Å². The maximum Gasteiger partial charge on any atom is 0.244 e. The molecule has 0 saturated carbocycles. The largest absolute Gasteiger partial charge is 0.325 e. The van der Waals surface area contributed by atoms with E-state index in [9.17, 15) is 18.5 Å². The van der Waals surface area contributed by atoms with Crippen LogP contribution in [0.5, 0.6) is 0 Å². The second-order valence-electron chi connectivity index (χ2n) is 7.89. The molecule has 2 fully saturated rings. The first-order valence-corrected chi connectivity index (χ1v) is 11.4. The Morgan fingerprint density at radius 2 is 1.73 bits per heavy atom. The lowest BCUT2D eigenvalue weighted by Gasteiger charge is -2.39. The molecule has 2 aliphatic rings. The van der Waals surface area contributed by atoms with E-state index in [1.54, 1.807) is 16.4 Å². The smallest absolute Gasteiger partial charge is 0.244 e. The lowest BCUT2D eigenvalue weighted by atomic mass is 10.2. The van der Waals surface area contributed by atoms with Gasteiger partial charge in [-0.3, -0.25) is 9.69 Å². The van der Waals surface area contributed by atoms with Crippen molar-refractivity contribution in [3.63, 3.8) is 0 Å². The predicted octanol–water partition coefficient (Wildman–Crippen LogP) is 2.34. The van der Waals surface area contributed by atoms with Crippen molar-refractivity contribution in [3.05, 3.63) is 59.7 Å². The molecule has 4 rings (SSSR count). The molecule has 2 bridgehead atoms. The number of carbonyl (C=O) groups excluding carboxylic acids is 1. The number of para-hydroxylation sites is 1. The number of carbonyl (C=O) groups is 1. The van der Waals surface area contributed by atoms with Crippen LogP contribution in [0.1, 0.15) is 24.0 Å². The Kier molecular flexibility index (Phi) is 5.60. The number of aryl methyl sites for hydroxylation is 1. The third-order valence-electron chi connectivity index (χ3n) is 5.84. The molecule has 2 aromatic carbocycles. The van der Waals surface area contributed by atoms with E-state index in [0.717, 1.165) is 24.1 Å². The molecule has 1 N–H and O–H groups in total. The Labute approximate surface area is 177 Å². The first kappa shape index (κ1) is 20.5. The van der Waals surface area contributed by atoms with Gasteiger partial charge in [-0.25, -0.2) is 8.42 Å². The molecule has 2 unspecified atom stereocenters. The van der Waals surface area contributed by atoms with Crippen molar-refractivity contribution in [2.24, 2.45) is 0 Å². The Morgan fingerprint density at radius 1 is 1.10 bits per heavy atom. The Bertz CT molecular complexity index is 1100. The highest BCUT2D eigenvalue weighted by molar-refractivity contribution is 7.89. The van der Waals surface area contributed by atoms with E-state index in [4.69, 9.17) is 0 Å². The number of benzene rings is 2. The standard InChI is InChI=1S/C22H24N4O3S/c1-16-6-2-4-8-20(16)24-22(27)15-25-13-18-10-11-19(14-25)26(18)30(28,29)21-9-5-3-7-17(21)12-23/h2-9,18-19H,10-11,13-15H2,1H3,(H,24,27). The van der Waals surface area contributed by atoms with Crippen molar-refractivity contribution in [2.45, 2.75) is 36.7 Å². The van der Waals surface area contributed by atoms with Gasteiger partial charge in [0.15, 0.2) is 0 Å². The summed E-state index contributed by atoms with van der Waals surface area (Å²) in [7, 11) is -3.76. The van der Waals surface area contributed by atoms with E-state index in [2.05, 4.69) is 5.32 Å². The first-order valence-electron chi connectivity index (χ1n) is 10.0. The summed E-state index contributed by atoms with van der Waals surface area (Å²) < 4.78 is 28.2. The van der Waals surface area contributed by atoms with Crippen molar-refractivity contribution in [1.82, 2.24) is 9.21 Å². The molecule has 156 valence electrons. The van der Waals surface area contributed by atoms with Crippen LogP contribution in [0.2, 0.25) is 0 Å². The van der Waals surface area contributed by atoms with Gasteiger partial charge in [0, 0.05) is 30.9 Å². The van der Waals surface area contributed by atoms with E-state index < -0.39 is 10.0 Å². The van der Waals surface area contributed by atoms with E-state index in [1.807, 2.05) is 42.2 Å². The van der Waals surface area contributed by atoms with E-state index >= 15 is 0 Å². The molecule has 0 radical (unpaired) electrons. The molecule has 2 heterocycles. The van der Waals surface area contributed by atoms with Gasteiger partial charge < -0.3 is 5.32 Å². The number of nitrogens with zero attached hydrogens (tertiary/aromatic N) is 3. The average Bonchev–Trinajstić information content (AvgIpc) is 3.02. The third kappa shape index (κ3) is 3.84. The van der Waals surface area contributed by atoms with Crippen LogP contribution >= 0.6 is 0 Å². The fourth-order valence-electron chi connectivity index (χ4n) is 4.48. The summed E-state index contributed by atoms with van der Waals surface area (Å²) in [4.78, 5) is 14.6. The molecular weight excluding hydrogens is 400 g/mol. The number of nitriles is 1. The van der Waals surface area contributed by atoms with Crippen LogP contribution in [0.25, 0.3) is 0 Å². The number of nitrogens with one attached hydrogen (secondary N) is 1. The van der Waals surface area contributed by atoms with Crippen molar-refractivity contribution >= 4 is 21.6 Å². The van der Waals surface area contributed by atoms with Gasteiger partial charge in [0.05, 0.1) is 17.0 Å². The summed E-state index contributed by atoms with van der Waals surface area (Å²) in [5.74, 6) is -0.102. The second kappa shape index (κ2) is 8.19. The van der Waals surface area contributed by atoms with Crippen LogP contribution in [0.4, 0.5) is 5.69 Å². The SMILES string of the molecule is Cc1ccccc1NC(=O)CN1CC2CCC(C1)N2S(=O)(=O)c1ccccc1C#N. The van der Waals surface area contributed by atoms with Crippen LogP contribution in [0, 0.1) is 18.3 Å². The third-order valence-corrected chi connectivity index (χ3v) is 7.90. The number of likely N-dealkylation sites (tertiary alicyclic amines) is 1. The minimum atomic E-state index is -3.76. The van der Waals surface area contributed by atoms with Crippen LogP contribution < -0.4 is 5.32 Å². The van der Waals surface area contributed by atoms with Gasteiger partial charge in [-0.15, -0.1) is 0 Å². The maximum atomic E-state index is 13.3. The minimum absolute atomic E-state index is 0.0649. The molecule has 7 nitrogen and oxygen atoms in total. The Balaban J connectivity index is 1.47. The second-order valence-corrected chi connectivity index (χ2v) is 9.70. The van der Waals surface area contributed by atoms with Crippen LogP contribution in [0.3, 0.4) is 0 Å². The molecule has 0 aliphatic carbocycles. The zero-order chi connectivity index (χ0) is 21.3. The number of hydrogen-bond donors (Lipinski definition) is 1. The normalized spacial score (nSPS) is 21.9. The number of fused-ring (bicyclic) bond motifs is 2. The van der Waals surface area contributed by atoms with Crippen LogP contribution in [0.15, 0.2) is 53.4 Å². The van der Waals surface area contributed by atoms with Gasteiger partial charge in [0.25, 0.3) is 0 Å². The molecule has 8 heteroatoms. The van der Waals surface area contributed by atoms with Gasteiger partial charge in [0.2, 0.25) is 15.9 Å². The molecule has 0 spiro atoms. The van der Waals surface area contributed by atoms with Gasteiger partial charge in [-0.2, -0.15) is 9.57 Å². The summed E-state index contributed by atoms with van der Waals surface area (Å²) in [6, 6.07) is 15.6. The quantitative estimate of drug-likeness (QED) is 0.795. The number of amides is 1. The molecular formula is C22H24N4O3S. The predicted molar refractivity (Wildman–Crippen MR) is 113 cm³/mol. The summed E-state index contributed by atoms with van der Waals surface area (Å²) in [6.45, 7) is 3.18. The molecule has 0 aromatic heterocycles.